The minimum absolute atomic E-state index is 0.114. The van der Waals surface area contributed by atoms with Crippen molar-refractivity contribution in [2.24, 2.45) is 11.8 Å². The van der Waals surface area contributed by atoms with Crippen LogP contribution in [0.2, 0.25) is 0 Å². The lowest BCUT2D eigenvalue weighted by Crippen LogP contribution is -2.52. The largest absolute Gasteiger partial charge is 0.304 e. The monoisotopic (exact) mass is 320 g/mol. The molecule has 2 atom stereocenters. The highest BCUT2D eigenvalue weighted by atomic mass is 16.2. The van der Waals surface area contributed by atoms with Gasteiger partial charge in [0.15, 0.2) is 0 Å². The van der Waals surface area contributed by atoms with Gasteiger partial charge in [-0.3, -0.25) is 24.7 Å². The number of allylic oxidation sites excluding steroid dienone is 2. The van der Waals surface area contributed by atoms with Crippen LogP contribution in [0.15, 0.2) is 12.2 Å². The standard InChI is InChI=1S/C16H24N4O3/c1-18-8-10-19(11-9-18)17-14(21)6-7-20-15(22)12-4-2-3-5-13(12)16(20)23/h2-3,12-13H,4-11H2,1H3,(H,17,21). The van der Waals surface area contributed by atoms with E-state index in [0.29, 0.717) is 12.8 Å². The molecular formula is C16H24N4O3. The summed E-state index contributed by atoms with van der Waals surface area (Å²) in [7, 11) is 2.05. The van der Waals surface area contributed by atoms with E-state index in [0.717, 1.165) is 26.2 Å². The molecule has 126 valence electrons. The Hall–Kier alpha value is -1.73. The Morgan fingerprint density at radius 3 is 2.22 bits per heavy atom. The van der Waals surface area contributed by atoms with Crippen LogP contribution in [0, 0.1) is 11.8 Å². The number of likely N-dealkylation sites (tertiary alicyclic amines) is 1. The Labute approximate surface area is 136 Å². The molecule has 3 rings (SSSR count). The van der Waals surface area contributed by atoms with Crippen LogP contribution >= 0.6 is 0 Å². The van der Waals surface area contributed by atoms with Gasteiger partial charge in [0.05, 0.1) is 11.8 Å². The van der Waals surface area contributed by atoms with Gasteiger partial charge in [0.1, 0.15) is 0 Å². The molecule has 1 N–H and O–H groups in total. The second kappa shape index (κ2) is 6.80. The van der Waals surface area contributed by atoms with Crippen molar-refractivity contribution in [3.8, 4) is 0 Å². The minimum atomic E-state index is -0.215. The van der Waals surface area contributed by atoms with E-state index in [-0.39, 0.29) is 42.5 Å². The van der Waals surface area contributed by atoms with Crippen molar-refractivity contribution in [3.63, 3.8) is 0 Å². The van der Waals surface area contributed by atoms with E-state index in [1.807, 2.05) is 17.2 Å². The maximum absolute atomic E-state index is 12.3. The predicted octanol–water partition coefficient (Wildman–Crippen LogP) is -0.394. The molecule has 2 unspecified atom stereocenters. The van der Waals surface area contributed by atoms with Crippen LogP contribution in [0.25, 0.3) is 0 Å². The van der Waals surface area contributed by atoms with Crippen molar-refractivity contribution < 1.29 is 14.4 Å². The van der Waals surface area contributed by atoms with Gasteiger partial charge in [0, 0.05) is 39.1 Å². The van der Waals surface area contributed by atoms with E-state index in [4.69, 9.17) is 0 Å². The van der Waals surface area contributed by atoms with Crippen molar-refractivity contribution in [1.29, 1.82) is 0 Å². The third kappa shape index (κ3) is 3.45. The van der Waals surface area contributed by atoms with E-state index in [2.05, 4.69) is 17.4 Å². The normalized spacial score (nSPS) is 29.0. The highest BCUT2D eigenvalue weighted by Gasteiger charge is 2.46. The van der Waals surface area contributed by atoms with E-state index in [9.17, 15) is 14.4 Å². The lowest BCUT2D eigenvalue weighted by atomic mass is 9.85. The van der Waals surface area contributed by atoms with Crippen molar-refractivity contribution in [2.75, 3.05) is 39.8 Å². The molecule has 1 aliphatic carbocycles. The molecule has 2 heterocycles. The lowest BCUT2D eigenvalue weighted by molar-refractivity contribution is -0.140. The van der Waals surface area contributed by atoms with E-state index < -0.39 is 0 Å². The van der Waals surface area contributed by atoms with Gasteiger partial charge in [0.2, 0.25) is 17.7 Å². The molecule has 2 aliphatic heterocycles. The first-order chi connectivity index (χ1) is 11.1. The SMILES string of the molecule is CN1CCN(NC(=O)CCN2C(=O)C3CC=CCC3C2=O)CC1. The smallest absolute Gasteiger partial charge is 0.236 e. The Bertz CT molecular complexity index is 499. The van der Waals surface area contributed by atoms with Gasteiger partial charge in [-0.2, -0.15) is 0 Å². The van der Waals surface area contributed by atoms with Crippen LogP contribution in [-0.2, 0) is 14.4 Å². The quantitative estimate of drug-likeness (QED) is 0.564. The summed E-state index contributed by atoms with van der Waals surface area (Å²) in [5, 5.41) is 1.90. The highest BCUT2D eigenvalue weighted by Crippen LogP contribution is 2.34. The first kappa shape index (κ1) is 16.1. The van der Waals surface area contributed by atoms with Crippen molar-refractivity contribution in [3.05, 3.63) is 12.2 Å². The van der Waals surface area contributed by atoms with Gasteiger partial charge in [-0.15, -0.1) is 0 Å². The van der Waals surface area contributed by atoms with Crippen molar-refractivity contribution in [1.82, 2.24) is 20.2 Å². The van der Waals surface area contributed by atoms with Gasteiger partial charge in [-0.05, 0) is 19.9 Å². The molecule has 0 radical (unpaired) electrons. The first-order valence-corrected chi connectivity index (χ1v) is 8.29. The fraction of sp³-hybridized carbons (Fsp3) is 0.688. The van der Waals surface area contributed by atoms with Crippen molar-refractivity contribution in [2.45, 2.75) is 19.3 Å². The van der Waals surface area contributed by atoms with Crippen LogP contribution < -0.4 is 5.43 Å². The van der Waals surface area contributed by atoms with Crippen molar-refractivity contribution >= 4 is 17.7 Å². The second-order valence-corrected chi connectivity index (χ2v) is 6.56. The number of hydrogen-bond donors (Lipinski definition) is 1. The number of nitrogens with one attached hydrogen (secondary N) is 1. The van der Waals surface area contributed by atoms with E-state index >= 15 is 0 Å². The predicted molar refractivity (Wildman–Crippen MR) is 83.9 cm³/mol. The van der Waals surface area contributed by atoms with Gasteiger partial charge in [-0.1, -0.05) is 12.2 Å². The number of imide groups is 1. The summed E-state index contributed by atoms with van der Waals surface area (Å²) in [5.41, 5.74) is 2.86. The number of piperazine rings is 1. The van der Waals surface area contributed by atoms with Gasteiger partial charge in [-0.25, -0.2) is 5.01 Å². The molecule has 0 saturated carbocycles. The Kier molecular flexibility index (Phi) is 4.77. The molecule has 2 saturated heterocycles. The fourth-order valence-corrected chi connectivity index (χ4v) is 3.45. The van der Waals surface area contributed by atoms with Crippen LogP contribution in [-0.4, -0.2) is 72.3 Å². The molecule has 0 bridgehead atoms. The molecule has 3 aliphatic rings. The number of hydrogen-bond acceptors (Lipinski definition) is 5. The van der Waals surface area contributed by atoms with E-state index in [1.165, 1.54) is 4.90 Å². The van der Waals surface area contributed by atoms with Gasteiger partial charge >= 0.3 is 0 Å². The summed E-state index contributed by atoms with van der Waals surface area (Å²) in [4.78, 5) is 40.2. The number of hydrazine groups is 1. The zero-order valence-electron chi connectivity index (χ0n) is 13.5. The molecule has 0 aromatic carbocycles. The fourth-order valence-electron chi connectivity index (χ4n) is 3.45. The van der Waals surface area contributed by atoms with E-state index in [1.54, 1.807) is 0 Å². The third-order valence-electron chi connectivity index (χ3n) is 4.95. The average Bonchev–Trinajstić information content (AvgIpc) is 2.80. The summed E-state index contributed by atoms with van der Waals surface area (Å²) in [6.45, 7) is 3.60. The van der Waals surface area contributed by atoms with Crippen LogP contribution in [0.5, 0.6) is 0 Å². The lowest BCUT2D eigenvalue weighted by Gasteiger charge is -2.32. The topological polar surface area (TPSA) is 73.0 Å². The molecule has 7 nitrogen and oxygen atoms in total. The molecule has 7 heteroatoms. The zero-order valence-corrected chi connectivity index (χ0v) is 13.5. The summed E-state index contributed by atoms with van der Waals surface area (Å²) in [5.74, 6) is -0.793. The second-order valence-electron chi connectivity index (χ2n) is 6.56. The van der Waals surface area contributed by atoms with Gasteiger partial charge < -0.3 is 4.90 Å². The molecule has 2 fully saturated rings. The molecular weight excluding hydrogens is 296 g/mol. The maximum Gasteiger partial charge on any atom is 0.236 e. The number of carbonyl (C=O) groups excluding carboxylic acids is 3. The van der Waals surface area contributed by atoms with Crippen LogP contribution in [0.1, 0.15) is 19.3 Å². The highest BCUT2D eigenvalue weighted by molar-refractivity contribution is 6.05. The van der Waals surface area contributed by atoms with Crippen LogP contribution in [0.4, 0.5) is 0 Å². The zero-order chi connectivity index (χ0) is 16.4. The Morgan fingerprint density at radius 1 is 1.09 bits per heavy atom. The summed E-state index contributed by atoms with van der Waals surface area (Å²) < 4.78 is 0. The summed E-state index contributed by atoms with van der Waals surface area (Å²) in [6, 6.07) is 0. The molecule has 0 aromatic rings. The number of amides is 3. The molecule has 23 heavy (non-hydrogen) atoms. The number of fused-ring (bicyclic) bond motifs is 1. The molecule has 0 aromatic heterocycles. The number of rotatable bonds is 4. The number of likely N-dealkylation sites (N-methyl/N-ethyl adjacent to an activating group) is 1. The number of nitrogens with zero attached hydrogens (tertiary/aromatic N) is 3. The number of carbonyl (C=O) groups is 3. The molecule has 3 amide bonds. The maximum atomic E-state index is 12.3. The van der Waals surface area contributed by atoms with Crippen LogP contribution in [0.3, 0.4) is 0 Å². The summed E-state index contributed by atoms with van der Waals surface area (Å²) >= 11 is 0. The molecule has 0 spiro atoms. The average molecular weight is 320 g/mol. The Balaban J connectivity index is 1.47. The summed E-state index contributed by atoms with van der Waals surface area (Å²) in [6.07, 6.45) is 5.38. The minimum Gasteiger partial charge on any atom is -0.304 e. The third-order valence-corrected chi connectivity index (χ3v) is 4.95. The van der Waals surface area contributed by atoms with Gasteiger partial charge in [0.25, 0.3) is 0 Å². The Morgan fingerprint density at radius 2 is 1.65 bits per heavy atom. The first-order valence-electron chi connectivity index (χ1n) is 8.29.